The average molecular weight is 431 g/mol. The topological polar surface area (TPSA) is 84.2 Å². The van der Waals surface area contributed by atoms with E-state index < -0.39 is 0 Å². The molecule has 2 amide bonds. The van der Waals surface area contributed by atoms with E-state index in [0.717, 1.165) is 0 Å². The molecule has 0 spiro atoms. The van der Waals surface area contributed by atoms with Crippen LogP contribution in [0, 0.1) is 0 Å². The highest BCUT2D eigenvalue weighted by Crippen LogP contribution is 2.21. The third-order valence-electron chi connectivity index (χ3n) is 4.61. The molecule has 29 heavy (non-hydrogen) atoms. The molecule has 0 N–H and O–H groups in total. The van der Waals surface area contributed by atoms with Crippen molar-refractivity contribution in [1.29, 1.82) is 0 Å². The van der Waals surface area contributed by atoms with Gasteiger partial charge in [0.15, 0.2) is 5.82 Å². The van der Waals surface area contributed by atoms with Crippen molar-refractivity contribution in [3.8, 4) is 5.82 Å². The zero-order valence-electron chi connectivity index (χ0n) is 15.2. The molecule has 2 aromatic heterocycles. The van der Waals surface area contributed by atoms with Gasteiger partial charge in [0.1, 0.15) is 12.7 Å². The number of hydrogen-bond acceptors (Lipinski definition) is 5. The quantitative estimate of drug-likeness (QED) is 0.637. The average Bonchev–Trinajstić information content (AvgIpc) is 3.27. The molecule has 1 fully saturated rings. The van der Waals surface area contributed by atoms with Crippen LogP contribution in [0.4, 0.5) is 0 Å². The molecule has 8 nitrogen and oxygen atoms in total. The molecule has 1 aromatic carbocycles. The monoisotopic (exact) mass is 430 g/mol. The van der Waals surface area contributed by atoms with Crippen LogP contribution in [0.25, 0.3) is 5.82 Å². The van der Waals surface area contributed by atoms with Crippen molar-refractivity contribution in [1.82, 2.24) is 29.5 Å². The second-order valence-corrected chi connectivity index (χ2v) is 7.36. The second-order valence-electron chi connectivity index (χ2n) is 6.49. The molecule has 0 aliphatic carbocycles. The summed E-state index contributed by atoms with van der Waals surface area (Å²) in [4.78, 5) is 37.0. The van der Waals surface area contributed by atoms with Crippen molar-refractivity contribution in [3.05, 3.63) is 70.4 Å². The van der Waals surface area contributed by atoms with E-state index in [-0.39, 0.29) is 11.8 Å². The number of rotatable bonds is 3. The van der Waals surface area contributed by atoms with Gasteiger partial charge in [-0.15, -0.1) is 0 Å². The van der Waals surface area contributed by atoms with E-state index in [2.05, 4.69) is 15.1 Å². The molecule has 148 valence electrons. The number of hydrogen-bond donors (Lipinski definition) is 0. The Morgan fingerprint density at radius 2 is 1.48 bits per heavy atom. The van der Waals surface area contributed by atoms with Crippen molar-refractivity contribution in [2.24, 2.45) is 0 Å². The highest BCUT2D eigenvalue weighted by atomic mass is 35.5. The Balaban J connectivity index is 1.39. The lowest BCUT2D eigenvalue weighted by Gasteiger charge is -2.34. The standard InChI is InChI=1S/C19H16Cl2N6O2/c20-15-7-14(8-16(21)9-15)19(29)26-5-3-25(4-6-26)18(28)13-1-2-17(23-10-13)27-12-22-11-24-27/h1-2,7-12H,3-6H2. The number of amides is 2. The lowest BCUT2D eigenvalue weighted by molar-refractivity contribution is 0.0535. The fraction of sp³-hybridized carbons (Fsp3) is 0.211. The molecule has 4 rings (SSSR count). The van der Waals surface area contributed by atoms with Gasteiger partial charge in [-0.1, -0.05) is 23.2 Å². The van der Waals surface area contributed by atoms with Gasteiger partial charge in [0, 0.05) is 48.0 Å². The van der Waals surface area contributed by atoms with E-state index >= 15 is 0 Å². The van der Waals surface area contributed by atoms with Crippen LogP contribution >= 0.6 is 23.2 Å². The summed E-state index contributed by atoms with van der Waals surface area (Å²) in [5, 5.41) is 4.83. The predicted molar refractivity (Wildman–Crippen MR) is 107 cm³/mol. The molecule has 0 atom stereocenters. The molecular weight excluding hydrogens is 415 g/mol. The summed E-state index contributed by atoms with van der Waals surface area (Å²) in [6.45, 7) is 1.73. The number of halogens is 2. The van der Waals surface area contributed by atoms with Gasteiger partial charge in [-0.2, -0.15) is 5.10 Å². The number of benzene rings is 1. The Hall–Kier alpha value is -2.97. The van der Waals surface area contributed by atoms with Gasteiger partial charge in [-0.05, 0) is 30.3 Å². The zero-order valence-corrected chi connectivity index (χ0v) is 16.7. The van der Waals surface area contributed by atoms with Crippen LogP contribution < -0.4 is 0 Å². The van der Waals surface area contributed by atoms with E-state index in [9.17, 15) is 9.59 Å². The van der Waals surface area contributed by atoms with Crippen LogP contribution in [0.5, 0.6) is 0 Å². The van der Waals surface area contributed by atoms with Crippen LogP contribution in [0.15, 0.2) is 49.2 Å². The maximum atomic E-state index is 12.7. The summed E-state index contributed by atoms with van der Waals surface area (Å²) in [6.07, 6.45) is 4.47. The van der Waals surface area contributed by atoms with Gasteiger partial charge >= 0.3 is 0 Å². The summed E-state index contributed by atoms with van der Waals surface area (Å²) in [5.74, 6) is 0.301. The van der Waals surface area contributed by atoms with Gasteiger partial charge in [-0.25, -0.2) is 14.6 Å². The third-order valence-corrected chi connectivity index (χ3v) is 5.05. The highest BCUT2D eigenvalue weighted by Gasteiger charge is 2.26. The maximum absolute atomic E-state index is 12.7. The van der Waals surface area contributed by atoms with Gasteiger partial charge in [0.05, 0.1) is 5.56 Å². The van der Waals surface area contributed by atoms with E-state index in [0.29, 0.717) is 53.2 Å². The number of nitrogens with zero attached hydrogens (tertiary/aromatic N) is 6. The molecule has 0 saturated carbocycles. The Morgan fingerprint density at radius 1 is 0.862 bits per heavy atom. The molecule has 0 bridgehead atoms. The molecule has 0 unspecified atom stereocenters. The van der Waals surface area contributed by atoms with Crippen molar-refractivity contribution < 1.29 is 9.59 Å². The first kappa shape index (κ1) is 19.4. The van der Waals surface area contributed by atoms with E-state index in [1.165, 1.54) is 23.5 Å². The van der Waals surface area contributed by atoms with Gasteiger partial charge in [-0.3, -0.25) is 9.59 Å². The molecule has 3 heterocycles. The Labute approximate surface area is 176 Å². The number of carbonyl (C=O) groups excluding carboxylic acids is 2. The van der Waals surface area contributed by atoms with E-state index in [1.807, 2.05) is 0 Å². The van der Waals surface area contributed by atoms with Crippen molar-refractivity contribution in [2.75, 3.05) is 26.2 Å². The van der Waals surface area contributed by atoms with E-state index in [1.54, 1.807) is 40.1 Å². The van der Waals surface area contributed by atoms with Gasteiger partial charge in [0.2, 0.25) is 0 Å². The van der Waals surface area contributed by atoms with E-state index in [4.69, 9.17) is 23.2 Å². The number of aromatic nitrogens is 4. The van der Waals surface area contributed by atoms with Crippen LogP contribution in [0.2, 0.25) is 10.0 Å². The molecule has 0 radical (unpaired) electrons. The normalized spacial score (nSPS) is 14.1. The van der Waals surface area contributed by atoms with Crippen molar-refractivity contribution in [2.45, 2.75) is 0 Å². The summed E-state index contributed by atoms with van der Waals surface area (Å²) in [5.41, 5.74) is 0.922. The first-order chi connectivity index (χ1) is 14.0. The Bertz CT molecular complexity index is 1010. The number of carbonyl (C=O) groups is 2. The first-order valence-electron chi connectivity index (χ1n) is 8.87. The molecule has 1 aliphatic heterocycles. The van der Waals surface area contributed by atoms with Crippen molar-refractivity contribution in [3.63, 3.8) is 0 Å². The highest BCUT2D eigenvalue weighted by molar-refractivity contribution is 6.35. The third kappa shape index (κ3) is 4.23. The number of pyridine rings is 1. The van der Waals surface area contributed by atoms with Crippen molar-refractivity contribution >= 4 is 35.0 Å². The first-order valence-corrected chi connectivity index (χ1v) is 9.62. The molecule has 3 aromatic rings. The molecule has 10 heteroatoms. The van der Waals surface area contributed by atoms with Crippen LogP contribution in [0.3, 0.4) is 0 Å². The maximum Gasteiger partial charge on any atom is 0.255 e. The van der Waals surface area contributed by atoms with Crippen LogP contribution in [-0.4, -0.2) is 67.5 Å². The summed E-state index contributed by atoms with van der Waals surface area (Å²) < 4.78 is 1.51. The zero-order chi connectivity index (χ0) is 20.4. The van der Waals surface area contributed by atoms with Crippen LogP contribution in [0.1, 0.15) is 20.7 Å². The summed E-state index contributed by atoms with van der Waals surface area (Å²) >= 11 is 12.0. The summed E-state index contributed by atoms with van der Waals surface area (Å²) in [7, 11) is 0. The minimum absolute atomic E-state index is 0.125. The lowest BCUT2D eigenvalue weighted by atomic mass is 10.1. The Kier molecular flexibility index (Phi) is 5.46. The minimum Gasteiger partial charge on any atom is -0.335 e. The fourth-order valence-corrected chi connectivity index (χ4v) is 3.66. The molecule has 1 aliphatic rings. The minimum atomic E-state index is -0.152. The lowest BCUT2D eigenvalue weighted by Crippen LogP contribution is -2.50. The van der Waals surface area contributed by atoms with Gasteiger partial charge < -0.3 is 9.80 Å². The fourth-order valence-electron chi connectivity index (χ4n) is 3.13. The second kappa shape index (κ2) is 8.18. The Morgan fingerprint density at radius 3 is 2.00 bits per heavy atom. The summed E-state index contributed by atoms with van der Waals surface area (Å²) in [6, 6.07) is 8.19. The smallest absolute Gasteiger partial charge is 0.255 e. The number of piperazine rings is 1. The largest absolute Gasteiger partial charge is 0.335 e. The molecule has 1 saturated heterocycles. The van der Waals surface area contributed by atoms with Crippen LogP contribution in [-0.2, 0) is 0 Å². The SMILES string of the molecule is O=C(c1ccc(-n2cncn2)nc1)N1CCN(C(=O)c2cc(Cl)cc(Cl)c2)CC1. The predicted octanol–water partition coefficient (Wildman–Crippen LogP) is 2.57. The molecular formula is C19H16Cl2N6O2. The van der Waals surface area contributed by atoms with Gasteiger partial charge in [0.25, 0.3) is 11.8 Å².